The predicted octanol–water partition coefficient (Wildman–Crippen LogP) is -1.57. The fraction of sp³-hybridized carbons (Fsp3) is 0.846. The van der Waals surface area contributed by atoms with Gasteiger partial charge in [0.15, 0.2) is 0 Å². The first-order valence-electron chi connectivity index (χ1n) is 6.83. The summed E-state index contributed by atoms with van der Waals surface area (Å²) >= 11 is 0. The highest BCUT2D eigenvalue weighted by atomic mass is 16.6. The molecule has 0 amide bonds. The summed E-state index contributed by atoms with van der Waals surface area (Å²) in [5, 5.41) is 56.6. The number of fused-ring (bicyclic) bond motifs is 1. The molecule has 20 heavy (non-hydrogen) atoms. The van der Waals surface area contributed by atoms with E-state index in [2.05, 4.69) is 0 Å². The first-order valence-corrected chi connectivity index (χ1v) is 6.83. The average Bonchev–Trinajstić information content (AvgIpc) is 3.22. The standard InChI is InChI=1S/C13H22O7/c14-5-8(16)12(18)13(19)11(17)7(15)3-6-1-2-9-10(4-6)20-9/h3,6,8-19H,1-2,4-5H2/t6?,8-,9?,10?,11+,12-,13-/m1/s1. The zero-order chi connectivity index (χ0) is 14.9. The second-order valence-electron chi connectivity index (χ2n) is 5.55. The molecule has 1 aliphatic carbocycles. The summed E-state index contributed by atoms with van der Waals surface area (Å²) in [5.41, 5.74) is 0. The maximum absolute atomic E-state index is 9.80. The highest BCUT2D eigenvalue weighted by Gasteiger charge is 2.43. The molecule has 116 valence electrons. The van der Waals surface area contributed by atoms with Crippen molar-refractivity contribution in [3.63, 3.8) is 0 Å². The molecule has 7 heteroatoms. The van der Waals surface area contributed by atoms with Crippen molar-refractivity contribution in [3.05, 3.63) is 11.8 Å². The topological polar surface area (TPSA) is 134 Å². The minimum absolute atomic E-state index is 0.0560. The van der Waals surface area contributed by atoms with Gasteiger partial charge < -0.3 is 35.4 Å². The Kier molecular flexibility index (Phi) is 5.00. The van der Waals surface area contributed by atoms with Gasteiger partial charge in [-0.05, 0) is 31.3 Å². The summed E-state index contributed by atoms with van der Waals surface area (Å²) in [5.74, 6) is -0.383. The van der Waals surface area contributed by atoms with Gasteiger partial charge in [-0.1, -0.05) is 0 Å². The highest BCUT2D eigenvalue weighted by molar-refractivity contribution is 5.08. The van der Waals surface area contributed by atoms with Gasteiger partial charge in [0, 0.05) is 0 Å². The van der Waals surface area contributed by atoms with Gasteiger partial charge in [-0.3, -0.25) is 0 Å². The molecule has 2 aliphatic rings. The van der Waals surface area contributed by atoms with E-state index in [1.54, 1.807) is 0 Å². The monoisotopic (exact) mass is 290 g/mol. The van der Waals surface area contributed by atoms with E-state index in [1.165, 1.54) is 6.08 Å². The molecule has 7 nitrogen and oxygen atoms in total. The lowest BCUT2D eigenvalue weighted by atomic mass is 9.88. The lowest BCUT2D eigenvalue weighted by Gasteiger charge is -2.26. The van der Waals surface area contributed by atoms with E-state index in [1.807, 2.05) is 0 Å². The van der Waals surface area contributed by atoms with Crippen molar-refractivity contribution < 1.29 is 35.4 Å². The van der Waals surface area contributed by atoms with Gasteiger partial charge in [0.25, 0.3) is 0 Å². The van der Waals surface area contributed by atoms with Gasteiger partial charge >= 0.3 is 0 Å². The van der Waals surface area contributed by atoms with Crippen molar-refractivity contribution in [1.29, 1.82) is 0 Å². The Morgan fingerprint density at radius 2 is 1.80 bits per heavy atom. The average molecular weight is 290 g/mol. The largest absolute Gasteiger partial charge is 0.510 e. The minimum atomic E-state index is -1.78. The molecule has 7 atom stereocenters. The van der Waals surface area contributed by atoms with Crippen LogP contribution in [0.15, 0.2) is 11.8 Å². The fourth-order valence-corrected chi connectivity index (χ4v) is 2.62. The van der Waals surface area contributed by atoms with E-state index >= 15 is 0 Å². The number of allylic oxidation sites excluding steroid dienone is 1. The molecule has 2 fully saturated rings. The van der Waals surface area contributed by atoms with Gasteiger partial charge in [-0.15, -0.1) is 0 Å². The maximum Gasteiger partial charge on any atom is 0.139 e. The fourth-order valence-electron chi connectivity index (χ4n) is 2.62. The Hall–Kier alpha value is -0.700. The molecular weight excluding hydrogens is 268 g/mol. The van der Waals surface area contributed by atoms with Crippen LogP contribution >= 0.6 is 0 Å². The molecule has 1 aliphatic heterocycles. The van der Waals surface area contributed by atoms with Crippen LogP contribution in [-0.2, 0) is 4.74 Å². The van der Waals surface area contributed by atoms with Gasteiger partial charge in [-0.25, -0.2) is 0 Å². The molecular formula is C13H22O7. The third-order valence-corrected chi connectivity index (χ3v) is 4.01. The summed E-state index contributed by atoms with van der Waals surface area (Å²) in [6.07, 6.45) is -2.29. The van der Waals surface area contributed by atoms with E-state index in [0.29, 0.717) is 6.10 Å². The molecule has 1 saturated heterocycles. The van der Waals surface area contributed by atoms with Crippen molar-refractivity contribution >= 4 is 0 Å². The molecule has 1 saturated carbocycles. The first-order chi connectivity index (χ1) is 9.43. The van der Waals surface area contributed by atoms with Crippen LogP contribution in [-0.4, -0.2) is 73.9 Å². The predicted molar refractivity (Wildman–Crippen MR) is 67.8 cm³/mol. The lowest BCUT2D eigenvalue weighted by Crippen LogP contribution is -2.46. The smallest absolute Gasteiger partial charge is 0.139 e. The molecule has 3 unspecified atom stereocenters. The minimum Gasteiger partial charge on any atom is -0.510 e. The summed E-state index contributed by atoms with van der Waals surface area (Å²) in [6, 6.07) is 0. The van der Waals surface area contributed by atoms with E-state index in [-0.39, 0.29) is 12.0 Å². The molecule has 0 bridgehead atoms. The molecule has 0 spiro atoms. The van der Waals surface area contributed by atoms with E-state index < -0.39 is 36.8 Å². The Balaban J connectivity index is 1.91. The third kappa shape index (κ3) is 3.49. The zero-order valence-electron chi connectivity index (χ0n) is 11.0. The Morgan fingerprint density at radius 3 is 2.40 bits per heavy atom. The molecule has 0 aromatic carbocycles. The van der Waals surface area contributed by atoms with Crippen molar-refractivity contribution in [2.24, 2.45) is 5.92 Å². The van der Waals surface area contributed by atoms with Gasteiger partial charge in [0.05, 0.1) is 18.8 Å². The maximum atomic E-state index is 9.80. The van der Waals surface area contributed by atoms with Gasteiger partial charge in [-0.2, -0.15) is 0 Å². The van der Waals surface area contributed by atoms with Crippen molar-refractivity contribution in [2.75, 3.05) is 6.61 Å². The number of aliphatic hydroxyl groups is 6. The van der Waals surface area contributed by atoms with Crippen molar-refractivity contribution in [3.8, 4) is 0 Å². The first kappa shape index (κ1) is 15.7. The van der Waals surface area contributed by atoms with Crippen LogP contribution in [0.1, 0.15) is 19.3 Å². The molecule has 2 rings (SSSR count). The van der Waals surface area contributed by atoms with Crippen LogP contribution in [0.5, 0.6) is 0 Å². The van der Waals surface area contributed by atoms with Gasteiger partial charge in [0.1, 0.15) is 30.2 Å². The van der Waals surface area contributed by atoms with Crippen LogP contribution in [0, 0.1) is 5.92 Å². The second-order valence-corrected chi connectivity index (χ2v) is 5.55. The zero-order valence-corrected chi connectivity index (χ0v) is 11.0. The number of epoxide rings is 1. The molecule has 0 aromatic rings. The number of hydrogen-bond acceptors (Lipinski definition) is 7. The molecule has 6 N–H and O–H groups in total. The number of rotatable bonds is 6. The quantitative estimate of drug-likeness (QED) is 0.257. The van der Waals surface area contributed by atoms with Crippen LogP contribution < -0.4 is 0 Å². The lowest BCUT2D eigenvalue weighted by molar-refractivity contribution is -0.113. The second kappa shape index (κ2) is 6.38. The van der Waals surface area contributed by atoms with Gasteiger partial charge in [0.2, 0.25) is 0 Å². The Labute approximate surface area is 116 Å². The number of aliphatic hydroxyl groups excluding tert-OH is 6. The van der Waals surface area contributed by atoms with Crippen LogP contribution in [0.2, 0.25) is 0 Å². The van der Waals surface area contributed by atoms with Crippen LogP contribution in [0.4, 0.5) is 0 Å². The molecule has 0 aromatic heterocycles. The Bertz CT molecular complexity index is 359. The molecule has 0 radical (unpaired) electrons. The summed E-state index contributed by atoms with van der Waals surface area (Å²) in [4.78, 5) is 0. The SMILES string of the molecule is OC[C@@H](O)[C@@H](O)[C@H](O)[C@@H](O)C(O)=CC1CCC2OC2C1. The molecule has 1 heterocycles. The summed E-state index contributed by atoms with van der Waals surface area (Å²) in [7, 11) is 0. The van der Waals surface area contributed by atoms with Crippen LogP contribution in [0.25, 0.3) is 0 Å². The van der Waals surface area contributed by atoms with E-state index in [4.69, 9.17) is 9.84 Å². The van der Waals surface area contributed by atoms with Crippen LogP contribution in [0.3, 0.4) is 0 Å². The highest BCUT2D eigenvalue weighted by Crippen LogP contribution is 2.40. The third-order valence-electron chi connectivity index (χ3n) is 4.01. The van der Waals surface area contributed by atoms with E-state index in [0.717, 1.165) is 19.3 Å². The summed E-state index contributed by atoms with van der Waals surface area (Å²) < 4.78 is 5.36. The van der Waals surface area contributed by atoms with Crippen molar-refractivity contribution in [1.82, 2.24) is 0 Å². The summed E-state index contributed by atoms with van der Waals surface area (Å²) in [6.45, 7) is -0.752. The normalized spacial score (nSPS) is 35.9. The Morgan fingerprint density at radius 1 is 1.10 bits per heavy atom. The van der Waals surface area contributed by atoms with E-state index in [9.17, 15) is 25.5 Å². The number of hydrogen-bond donors (Lipinski definition) is 6. The van der Waals surface area contributed by atoms with Crippen molar-refractivity contribution in [2.45, 2.75) is 55.9 Å². The number of ether oxygens (including phenoxy) is 1.